The average Bonchev–Trinajstić information content (AvgIpc) is 3.65. The number of fused-ring (bicyclic) bond motifs is 8. The van der Waals surface area contributed by atoms with Crippen LogP contribution in [0.15, 0.2) is 11.6 Å². The van der Waals surface area contributed by atoms with Crippen LogP contribution in [0.4, 0.5) is 0 Å². The molecule has 3 saturated carbocycles. The van der Waals surface area contributed by atoms with Crippen LogP contribution in [0.3, 0.4) is 0 Å². The summed E-state index contributed by atoms with van der Waals surface area (Å²) in [4.78, 5) is 53.9. The van der Waals surface area contributed by atoms with Crippen molar-refractivity contribution in [2.24, 2.45) is 47.3 Å². The lowest BCUT2D eigenvalue weighted by molar-refractivity contribution is -0.314. The maximum atomic E-state index is 14.4. The standard InChI is InChI=1S/C37H52Cl2O11/c1-8-19-10-9-11-26(48-18(4)40)16(2)31(42)25-14-23-21-12-20(50-36-34(46-7)33(45-6)32(44-5)17(3)47-36)13-22(21)29-30(37(38,39)35(29)43)28(23)24(25)15-27(41)49-19/h14,16-17,19-24,26,28-30,32-34,36H,8-13,15H2,1-7H3/t16-,17?,19+,20+,21-,22-,23+,24-,26+,28-,29+,30-,32+,33?,34+,36+/m1/s1. The monoisotopic (exact) mass is 742 g/mol. The van der Waals surface area contributed by atoms with Crippen LogP contribution in [0.1, 0.15) is 72.6 Å². The predicted molar refractivity (Wildman–Crippen MR) is 181 cm³/mol. The number of rotatable bonds is 7. The highest BCUT2D eigenvalue weighted by molar-refractivity contribution is 6.60. The quantitative estimate of drug-likeness (QED) is 0.258. The van der Waals surface area contributed by atoms with Gasteiger partial charge < -0.3 is 33.2 Å². The zero-order valence-electron chi connectivity index (χ0n) is 30.0. The number of cyclic esters (lactones) is 1. The van der Waals surface area contributed by atoms with Crippen LogP contribution in [0.2, 0.25) is 0 Å². The van der Waals surface area contributed by atoms with Crippen LogP contribution in [0.5, 0.6) is 0 Å². The molecule has 0 aromatic heterocycles. The van der Waals surface area contributed by atoms with Gasteiger partial charge in [-0.15, -0.1) is 0 Å². The summed E-state index contributed by atoms with van der Waals surface area (Å²) in [6, 6.07) is 0. The van der Waals surface area contributed by atoms with Crippen molar-refractivity contribution in [1.29, 1.82) is 0 Å². The van der Waals surface area contributed by atoms with Crippen molar-refractivity contribution in [2.45, 2.75) is 126 Å². The number of carbonyl (C=O) groups excluding carboxylic acids is 4. The summed E-state index contributed by atoms with van der Waals surface area (Å²) in [6.07, 6.45) is 1.92. The molecule has 50 heavy (non-hydrogen) atoms. The molecule has 4 aliphatic carbocycles. The number of methoxy groups -OCH3 is 3. The molecule has 0 amide bonds. The molecule has 11 nitrogen and oxygen atoms in total. The summed E-state index contributed by atoms with van der Waals surface area (Å²) in [5.41, 5.74) is 0.514. The Labute approximate surface area is 304 Å². The van der Waals surface area contributed by atoms with Gasteiger partial charge in [-0.3, -0.25) is 19.2 Å². The maximum Gasteiger partial charge on any atom is 0.306 e. The van der Waals surface area contributed by atoms with E-state index in [1.807, 2.05) is 19.9 Å². The lowest BCUT2D eigenvalue weighted by atomic mass is 9.48. The van der Waals surface area contributed by atoms with Gasteiger partial charge in [0.15, 0.2) is 22.2 Å². The van der Waals surface area contributed by atoms with E-state index in [0.717, 1.165) is 0 Å². The molecule has 6 aliphatic rings. The highest BCUT2D eigenvalue weighted by atomic mass is 35.5. The fraction of sp³-hybridized carbons (Fsp3) is 0.838. The second kappa shape index (κ2) is 15.0. The van der Waals surface area contributed by atoms with Crippen molar-refractivity contribution in [3.8, 4) is 0 Å². The van der Waals surface area contributed by atoms with E-state index in [9.17, 15) is 19.2 Å². The van der Waals surface area contributed by atoms with Gasteiger partial charge in [0.25, 0.3) is 0 Å². The van der Waals surface area contributed by atoms with E-state index >= 15 is 0 Å². The summed E-state index contributed by atoms with van der Waals surface area (Å²) in [5.74, 6) is -3.93. The Bertz CT molecular complexity index is 1350. The second-order valence-corrected chi connectivity index (χ2v) is 16.6. The smallest absolute Gasteiger partial charge is 0.306 e. The number of hydrogen-bond donors (Lipinski definition) is 0. The maximum absolute atomic E-state index is 14.4. The lowest BCUT2D eigenvalue weighted by Crippen LogP contribution is -2.66. The number of carbonyl (C=O) groups is 4. The van der Waals surface area contributed by atoms with Crippen molar-refractivity contribution < 1.29 is 52.3 Å². The zero-order valence-corrected chi connectivity index (χ0v) is 31.5. The van der Waals surface area contributed by atoms with E-state index in [0.29, 0.717) is 44.1 Å². The minimum Gasteiger partial charge on any atom is -0.462 e. The van der Waals surface area contributed by atoms with Crippen molar-refractivity contribution in [3.63, 3.8) is 0 Å². The van der Waals surface area contributed by atoms with Crippen LogP contribution in [-0.2, 0) is 52.3 Å². The van der Waals surface area contributed by atoms with E-state index < -0.39 is 58.6 Å². The first-order valence-corrected chi connectivity index (χ1v) is 19.0. The first-order valence-electron chi connectivity index (χ1n) is 18.2. The molecule has 280 valence electrons. The summed E-state index contributed by atoms with van der Waals surface area (Å²) in [5, 5.41) is 0. The minimum atomic E-state index is -1.64. The molecule has 0 aromatic carbocycles. The van der Waals surface area contributed by atoms with Crippen LogP contribution in [0.25, 0.3) is 0 Å². The number of ketones is 2. The first-order chi connectivity index (χ1) is 23.8. The number of hydrogen-bond acceptors (Lipinski definition) is 11. The number of allylic oxidation sites excluding steroid dienone is 2. The predicted octanol–water partition coefficient (Wildman–Crippen LogP) is 5.01. The topological polar surface area (TPSA) is 133 Å². The van der Waals surface area contributed by atoms with Gasteiger partial charge in [0.1, 0.15) is 30.5 Å². The van der Waals surface area contributed by atoms with Gasteiger partial charge in [0.05, 0.1) is 24.5 Å². The minimum absolute atomic E-state index is 0.0266. The number of ether oxygens (including phenoxy) is 7. The summed E-state index contributed by atoms with van der Waals surface area (Å²) in [7, 11) is 4.80. The normalized spacial score (nSPS) is 45.8. The largest absolute Gasteiger partial charge is 0.462 e. The molecule has 2 saturated heterocycles. The van der Waals surface area contributed by atoms with E-state index in [2.05, 4.69) is 0 Å². The van der Waals surface area contributed by atoms with E-state index in [1.54, 1.807) is 28.3 Å². The Kier molecular flexibility index (Phi) is 11.5. The number of esters is 2. The number of Topliss-reactive ketones (excluding diaryl/α,β-unsaturated/α-hetero) is 2. The molecular formula is C37H52Cl2O11. The van der Waals surface area contributed by atoms with Gasteiger partial charge in [-0.2, -0.15) is 0 Å². The van der Waals surface area contributed by atoms with Gasteiger partial charge in [0.2, 0.25) is 0 Å². The average molecular weight is 744 g/mol. The lowest BCUT2D eigenvalue weighted by Gasteiger charge is -2.59. The molecule has 6 rings (SSSR count). The third kappa shape index (κ3) is 6.60. The fourth-order valence-corrected chi connectivity index (χ4v) is 11.3. The van der Waals surface area contributed by atoms with Crippen LogP contribution < -0.4 is 0 Å². The summed E-state index contributed by atoms with van der Waals surface area (Å²) >= 11 is 13.7. The van der Waals surface area contributed by atoms with Gasteiger partial charge in [-0.05, 0) is 74.7 Å². The van der Waals surface area contributed by atoms with Crippen molar-refractivity contribution in [3.05, 3.63) is 11.6 Å². The molecule has 13 heteroatoms. The summed E-state index contributed by atoms with van der Waals surface area (Å²) in [6.45, 7) is 7.02. The number of alkyl halides is 2. The molecule has 5 fully saturated rings. The molecule has 0 radical (unpaired) electrons. The third-order valence-electron chi connectivity index (χ3n) is 12.7. The van der Waals surface area contributed by atoms with Gasteiger partial charge in [-0.25, -0.2) is 0 Å². The molecule has 0 bridgehead atoms. The Morgan fingerprint density at radius 3 is 2.30 bits per heavy atom. The van der Waals surface area contributed by atoms with E-state index in [4.69, 9.17) is 56.4 Å². The fourth-order valence-electron chi connectivity index (χ4n) is 10.4. The molecule has 2 unspecified atom stereocenters. The number of halogens is 2. The summed E-state index contributed by atoms with van der Waals surface area (Å²) < 4.78 is 40.2. The molecule has 0 spiro atoms. The molecule has 0 aromatic rings. The molecule has 16 atom stereocenters. The molecule has 0 N–H and O–H groups in total. The SMILES string of the molecule is CC[C@H]1CCC[C@H](OC(C)=O)[C@@H](C)C(=O)C2=C[C@H]3[C@@H]4C[C@H](O[C@@H]5OC(C)[C@H](OC)C(OC)[C@@H]5OC)C[C@H]4[C@@H]4C(=O)C(Cl)(Cl)[C@@H]4[C@H]3[C@@H]2CC(=O)O1. The van der Waals surface area contributed by atoms with Crippen molar-refractivity contribution in [2.75, 3.05) is 21.3 Å². The molecule has 2 aliphatic heterocycles. The van der Waals surface area contributed by atoms with Crippen molar-refractivity contribution in [1.82, 2.24) is 0 Å². The zero-order chi connectivity index (χ0) is 36.2. The van der Waals surface area contributed by atoms with E-state index in [-0.39, 0.29) is 72.0 Å². The highest BCUT2D eigenvalue weighted by Gasteiger charge is 2.73. The highest BCUT2D eigenvalue weighted by Crippen LogP contribution is 2.69. The third-order valence-corrected chi connectivity index (χ3v) is 13.6. The Morgan fingerprint density at radius 1 is 0.980 bits per heavy atom. The second-order valence-electron chi connectivity index (χ2n) is 15.2. The van der Waals surface area contributed by atoms with Crippen LogP contribution >= 0.6 is 23.2 Å². The van der Waals surface area contributed by atoms with Crippen LogP contribution in [0, 0.1) is 47.3 Å². The van der Waals surface area contributed by atoms with E-state index in [1.165, 1.54) is 6.92 Å². The van der Waals surface area contributed by atoms with Gasteiger partial charge in [-0.1, -0.05) is 43.1 Å². The van der Waals surface area contributed by atoms with Crippen molar-refractivity contribution >= 4 is 46.7 Å². The Morgan fingerprint density at radius 2 is 1.66 bits per heavy atom. The van der Waals surface area contributed by atoms with Crippen LogP contribution in [-0.4, -0.2) is 98.2 Å². The molecule has 2 heterocycles. The first kappa shape index (κ1) is 38.1. The Hall–Kier alpha value is -1.60. The molecular weight excluding hydrogens is 691 g/mol. The Balaban J connectivity index is 1.33. The van der Waals surface area contributed by atoms with Gasteiger partial charge >= 0.3 is 11.9 Å². The van der Waals surface area contributed by atoms with Gasteiger partial charge in [0, 0.05) is 46.0 Å².